The lowest BCUT2D eigenvalue weighted by atomic mass is 10.0. The first kappa shape index (κ1) is 23.6. The van der Waals surface area contributed by atoms with Crippen molar-refractivity contribution in [1.29, 1.82) is 0 Å². The zero-order chi connectivity index (χ0) is 18.4. The fourth-order valence-corrected chi connectivity index (χ4v) is 4.49. The number of hydrogen-bond donors (Lipinski definition) is 2. The van der Waals surface area contributed by atoms with Gasteiger partial charge in [0.1, 0.15) is 31.9 Å². The molecule has 0 aromatic heterocycles. The molecule has 0 heterocycles. The maximum absolute atomic E-state index is 12.4. The predicted molar refractivity (Wildman–Crippen MR) is 100.0 cm³/mol. The van der Waals surface area contributed by atoms with E-state index in [0.29, 0.717) is 12.8 Å². The summed E-state index contributed by atoms with van der Waals surface area (Å²) in [5.74, 6) is -0.617. The molecule has 0 spiro atoms. The van der Waals surface area contributed by atoms with Crippen molar-refractivity contribution in [3.8, 4) is 0 Å². The molecule has 0 saturated carbocycles. The summed E-state index contributed by atoms with van der Waals surface area (Å²) in [6, 6.07) is 0. The molecule has 0 amide bonds. The van der Waals surface area contributed by atoms with Crippen LogP contribution in [0.2, 0.25) is 0 Å². The van der Waals surface area contributed by atoms with E-state index in [4.69, 9.17) is 0 Å². The fraction of sp³-hybridized carbons (Fsp3) is 0.941. The molecular weight excluding hydrogens is 348 g/mol. The molecule has 5 nitrogen and oxygen atoms in total. The Morgan fingerprint density at radius 3 is 1.25 bits per heavy atom. The first-order valence-electron chi connectivity index (χ1n) is 9.26. The highest BCUT2D eigenvalue weighted by atomic mass is 32.2. The van der Waals surface area contributed by atoms with Crippen LogP contribution in [0.1, 0.15) is 90.9 Å². The molecule has 0 N–H and O–H groups in total. The van der Waals surface area contributed by atoms with Gasteiger partial charge in [-0.1, -0.05) is 78.1 Å². The number of thiol groups is 2. The van der Waals surface area contributed by atoms with Crippen LogP contribution in [-0.4, -0.2) is 33.1 Å². The number of carbonyl (C=O) groups excluding carboxylic acids is 1. The number of unbranched alkanes of at least 4 members (excludes halogenated alkanes) is 8. The largest absolute Gasteiger partial charge is 0.297 e. The molecule has 0 saturated heterocycles. The Kier molecular flexibility index (Phi) is 14.6. The molecular formula is C17H34O5S2. The van der Waals surface area contributed by atoms with E-state index < -0.39 is 37.7 Å². The molecule has 0 aromatic carbocycles. The summed E-state index contributed by atoms with van der Waals surface area (Å²) in [6.45, 7) is 4.19. The third-order valence-corrected chi connectivity index (χ3v) is 6.37. The van der Waals surface area contributed by atoms with Crippen LogP contribution >= 0.6 is 0 Å². The van der Waals surface area contributed by atoms with E-state index in [1.807, 2.05) is 0 Å². The minimum absolute atomic E-state index is 0.247. The molecule has 0 rings (SSSR count). The van der Waals surface area contributed by atoms with E-state index in [2.05, 4.69) is 13.8 Å². The lowest BCUT2D eigenvalue weighted by Gasteiger charge is -2.14. The van der Waals surface area contributed by atoms with Crippen LogP contribution in [0.15, 0.2) is 0 Å². The second kappa shape index (κ2) is 14.9. The van der Waals surface area contributed by atoms with Gasteiger partial charge in [-0.2, -0.15) is 0 Å². The van der Waals surface area contributed by atoms with Gasteiger partial charge in [0.25, 0.3) is 0 Å². The average molecular weight is 383 g/mol. The molecule has 0 aromatic rings. The molecule has 2 atom stereocenters. The molecule has 24 heavy (non-hydrogen) atoms. The van der Waals surface area contributed by atoms with Crippen molar-refractivity contribution >= 4 is 27.2 Å². The van der Waals surface area contributed by atoms with Crippen LogP contribution in [0.4, 0.5) is 0 Å². The van der Waals surface area contributed by atoms with E-state index in [1.165, 1.54) is 0 Å². The van der Waals surface area contributed by atoms with Crippen molar-refractivity contribution in [3.05, 3.63) is 0 Å². The Labute approximate surface area is 150 Å². The standard InChI is InChI=1S/C17H34O5S2/c1-3-5-7-9-11-13-15(23(19)20)17(18)16(24(21)22)14-12-10-8-6-4-2/h15-16,23-24H,3-14H2,1-2H3. The number of Topliss-reactive ketones (excluding diaryl/α,β-unsaturated/α-hetero) is 1. The van der Waals surface area contributed by atoms with Gasteiger partial charge in [0.2, 0.25) is 0 Å². The van der Waals surface area contributed by atoms with Crippen LogP contribution in [0.3, 0.4) is 0 Å². The van der Waals surface area contributed by atoms with Gasteiger partial charge in [-0.25, -0.2) is 16.8 Å². The van der Waals surface area contributed by atoms with E-state index in [0.717, 1.165) is 51.4 Å². The van der Waals surface area contributed by atoms with Crippen LogP contribution in [0.25, 0.3) is 0 Å². The summed E-state index contributed by atoms with van der Waals surface area (Å²) in [5.41, 5.74) is 0. The number of ketones is 1. The number of rotatable bonds is 16. The molecule has 7 heteroatoms. The van der Waals surface area contributed by atoms with Crippen LogP contribution in [0, 0.1) is 0 Å². The molecule has 0 aliphatic carbocycles. The van der Waals surface area contributed by atoms with Gasteiger partial charge >= 0.3 is 0 Å². The lowest BCUT2D eigenvalue weighted by Crippen LogP contribution is -2.34. The second-order valence-electron chi connectivity index (χ2n) is 6.41. The van der Waals surface area contributed by atoms with Gasteiger partial charge in [0.05, 0.1) is 0 Å². The summed E-state index contributed by atoms with van der Waals surface area (Å²) in [5, 5.41) is -2.29. The monoisotopic (exact) mass is 382 g/mol. The minimum atomic E-state index is -2.93. The van der Waals surface area contributed by atoms with E-state index in [-0.39, 0.29) is 12.8 Å². The summed E-state index contributed by atoms with van der Waals surface area (Å²) in [6.07, 6.45) is 9.96. The quantitative estimate of drug-likeness (QED) is 0.316. The highest BCUT2D eigenvalue weighted by Crippen LogP contribution is 2.16. The molecule has 0 radical (unpaired) electrons. The maximum atomic E-state index is 12.4. The Balaban J connectivity index is 4.57. The molecule has 0 bridgehead atoms. The smallest absolute Gasteiger partial charge is 0.168 e. The average Bonchev–Trinajstić information content (AvgIpc) is 2.53. The third kappa shape index (κ3) is 10.4. The van der Waals surface area contributed by atoms with Gasteiger partial charge in [-0.15, -0.1) is 0 Å². The minimum Gasteiger partial charge on any atom is -0.297 e. The molecule has 0 aliphatic rings. The topological polar surface area (TPSA) is 85.3 Å². The normalized spacial score (nSPS) is 14.2. The first-order valence-corrected chi connectivity index (χ1v) is 11.8. The molecule has 2 unspecified atom stereocenters. The summed E-state index contributed by atoms with van der Waals surface area (Å²) in [4.78, 5) is 12.4. The van der Waals surface area contributed by atoms with Crippen molar-refractivity contribution < 1.29 is 21.6 Å². The van der Waals surface area contributed by atoms with E-state index >= 15 is 0 Å². The first-order chi connectivity index (χ1) is 11.5. The Hall–Kier alpha value is -0.430. The van der Waals surface area contributed by atoms with Crippen molar-refractivity contribution in [3.63, 3.8) is 0 Å². The summed E-state index contributed by atoms with van der Waals surface area (Å²) < 4.78 is 45.7. The number of hydrogen-bond acceptors (Lipinski definition) is 5. The van der Waals surface area contributed by atoms with E-state index in [1.54, 1.807) is 0 Å². The summed E-state index contributed by atoms with van der Waals surface area (Å²) >= 11 is 0. The SMILES string of the molecule is CCCCCCCC(C(=O)C(CCCCCCC)[SH](=O)=O)[SH](=O)=O. The lowest BCUT2D eigenvalue weighted by molar-refractivity contribution is -0.118. The number of carbonyl (C=O) groups is 1. The Morgan fingerprint density at radius 2 is 0.958 bits per heavy atom. The zero-order valence-corrected chi connectivity index (χ0v) is 16.9. The van der Waals surface area contributed by atoms with Gasteiger partial charge in [0, 0.05) is 0 Å². The highest BCUT2D eigenvalue weighted by Gasteiger charge is 2.30. The molecule has 0 aliphatic heterocycles. The Morgan fingerprint density at radius 1 is 0.625 bits per heavy atom. The zero-order valence-electron chi connectivity index (χ0n) is 15.1. The van der Waals surface area contributed by atoms with Gasteiger partial charge in [-0.05, 0) is 12.8 Å². The van der Waals surface area contributed by atoms with Crippen LogP contribution in [-0.2, 0) is 26.2 Å². The molecule has 144 valence electrons. The van der Waals surface area contributed by atoms with Crippen molar-refractivity contribution in [2.45, 2.75) is 101 Å². The second-order valence-corrected chi connectivity index (χ2v) is 8.80. The van der Waals surface area contributed by atoms with Crippen molar-refractivity contribution in [2.24, 2.45) is 0 Å². The summed E-state index contributed by atoms with van der Waals surface area (Å²) in [7, 11) is -5.85. The van der Waals surface area contributed by atoms with Gasteiger partial charge < -0.3 is 0 Å². The Bertz CT molecular complexity index is 425. The highest BCUT2D eigenvalue weighted by molar-refractivity contribution is 7.76. The fourth-order valence-electron chi connectivity index (χ4n) is 2.81. The van der Waals surface area contributed by atoms with Crippen molar-refractivity contribution in [2.75, 3.05) is 0 Å². The third-order valence-electron chi connectivity index (χ3n) is 4.33. The van der Waals surface area contributed by atoms with E-state index in [9.17, 15) is 21.6 Å². The maximum Gasteiger partial charge on any atom is 0.168 e. The van der Waals surface area contributed by atoms with Crippen LogP contribution in [0.5, 0.6) is 0 Å². The van der Waals surface area contributed by atoms with Crippen molar-refractivity contribution in [1.82, 2.24) is 0 Å². The van der Waals surface area contributed by atoms with Gasteiger partial charge in [0.15, 0.2) is 5.78 Å². The molecule has 0 fully saturated rings. The van der Waals surface area contributed by atoms with Crippen LogP contribution < -0.4 is 0 Å². The van der Waals surface area contributed by atoms with Gasteiger partial charge in [-0.3, -0.25) is 4.79 Å². The predicted octanol–water partition coefficient (Wildman–Crippen LogP) is 3.24.